The molecule has 7 heteroatoms. The quantitative estimate of drug-likeness (QED) is 0.834. The number of esters is 1. The first-order chi connectivity index (χ1) is 10.9. The van der Waals surface area contributed by atoms with Crippen molar-refractivity contribution in [1.29, 1.82) is 0 Å². The first-order valence-electron chi connectivity index (χ1n) is 6.55. The van der Waals surface area contributed by atoms with Crippen LogP contribution >= 0.6 is 23.2 Å². The van der Waals surface area contributed by atoms with Crippen LogP contribution in [0.15, 0.2) is 36.4 Å². The van der Waals surface area contributed by atoms with Gasteiger partial charge in [0.05, 0.1) is 21.3 Å². The number of carbonyl (C=O) groups excluding carboxylic acids is 2. The molecule has 0 heterocycles. The number of para-hydroxylation sites is 1. The molecule has 120 valence electrons. The van der Waals surface area contributed by atoms with E-state index < -0.39 is 24.3 Å². The number of nitrogens with one attached hydrogen (secondary N) is 1. The van der Waals surface area contributed by atoms with Crippen LogP contribution in [0.1, 0.15) is 15.9 Å². The Morgan fingerprint density at radius 2 is 1.83 bits per heavy atom. The Hall–Kier alpha value is -2.11. The Morgan fingerprint density at radius 1 is 1.17 bits per heavy atom. The fourth-order valence-electron chi connectivity index (χ4n) is 1.73. The van der Waals surface area contributed by atoms with Gasteiger partial charge in [0.2, 0.25) is 0 Å². The summed E-state index contributed by atoms with van der Waals surface area (Å²) in [5.74, 6) is -1.93. The molecule has 0 unspecified atom stereocenters. The van der Waals surface area contributed by atoms with E-state index in [-0.39, 0.29) is 21.3 Å². The molecule has 0 aliphatic heterocycles. The molecule has 1 N–H and O–H groups in total. The van der Waals surface area contributed by atoms with Crippen LogP contribution in [-0.4, -0.2) is 18.5 Å². The average molecular weight is 356 g/mol. The maximum Gasteiger partial charge on any atom is 0.338 e. The Morgan fingerprint density at radius 3 is 2.43 bits per heavy atom. The molecule has 0 saturated carbocycles. The van der Waals surface area contributed by atoms with Crippen molar-refractivity contribution >= 4 is 40.8 Å². The normalized spacial score (nSPS) is 10.3. The predicted octanol–water partition coefficient (Wildman–Crippen LogP) is 4.24. The standard InChI is InChI=1S/C16H12Cl2FNO3/c1-9-5-6-10(7-13(9)19)16(22)23-8-14(21)20-15-11(17)3-2-4-12(15)18/h2-7H,8H2,1H3,(H,20,21). The third-order valence-electron chi connectivity index (χ3n) is 2.97. The van der Waals surface area contributed by atoms with E-state index in [4.69, 9.17) is 27.9 Å². The second-order valence-corrected chi connectivity index (χ2v) is 5.50. The third kappa shape index (κ3) is 4.43. The molecular weight excluding hydrogens is 344 g/mol. The highest BCUT2D eigenvalue weighted by Gasteiger charge is 2.14. The number of hydrogen-bond donors (Lipinski definition) is 1. The summed E-state index contributed by atoms with van der Waals surface area (Å²) in [5.41, 5.74) is 0.669. The fourth-order valence-corrected chi connectivity index (χ4v) is 2.22. The Balaban J connectivity index is 1.96. The largest absolute Gasteiger partial charge is 0.452 e. The lowest BCUT2D eigenvalue weighted by atomic mass is 10.1. The number of rotatable bonds is 4. The van der Waals surface area contributed by atoms with E-state index >= 15 is 0 Å². The first-order valence-corrected chi connectivity index (χ1v) is 7.31. The van der Waals surface area contributed by atoms with Gasteiger partial charge in [-0.15, -0.1) is 0 Å². The maximum atomic E-state index is 13.4. The SMILES string of the molecule is Cc1ccc(C(=O)OCC(=O)Nc2c(Cl)cccc2Cl)cc1F. The Labute approximate surface area is 142 Å². The van der Waals surface area contributed by atoms with Gasteiger partial charge in [-0.05, 0) is 36.8 Å². The van der Waals surface area contributed by atoms with Gasteiger partial charge in [-0.3, -0.25) is 4.79 Å². The summed E-state index contributed by atoms with van der Waals surface area (Å²) in [5, 5.41) is 2.98. The molecule has 0 aromatic heterocycles. The molecule has 0 aliphatic rings. The van der Waals surface area contributed by atoms with E-state index in [0.717, 1.165) is 6.07 Å². The van der Waals surface area contributed by atoms with Crippen LogP contribution < -0.4 is 5.32 Å². The van der Waals surface area contributed by atoms with E-state index in [1.165, 1.54) is 12.1 Å². The monoisotopic (exact) mass is 355 g/mol. The zero-order valence-electron chi connectivity index (χ0n) is 12.0. The summed E-state index contributed by atoms with van der Waals surface area (Å²) in [6, 6.07) is 8.68. The number of anilines is 1. The van der Waals surface area contributed by atoms with E-state index in [0.29, 0.717) is 5.56 Å². The van der Waals surface area contributed by atoms with Crippen LogP contribution in [0.3, 0.4) is 0 Å². The zero-order chi connectivity index (χ0) is 17.0. The maximum absolute atomic E-state index is 13.4. The van der Waals surface area contributed by atoms with Crippen LogP contribution in [0, 0.1) is 12.7 Å². The van der Waals surface area contributed by atoms with Gasteiger partial charge < -0.3 is 10.1 Å². The van der Waals surface area contributed by atoms with Crippen molar-refractivity contribution in [3.05, 3.63) is 63.4 Å². The number of ether oxygens (including phenoxy) is 1. The van der Waals surface area contributed by atoms with Crippen LogP contribution in [-0.2, 0) is 9.53 Å². The van der Waals surface area contributed by atoms with Gasteiger partial charge in [0, 0.05) is 0 Å². The van der Waals surface area contributed by atoms with Crippen molar-refractivity contribution in [3.8, 4) is 0 Å². The number of benzene rings is 2. The fraction of sp³-hybridized carbons (Fsp3) is 0.125. The molecule has 0 aliphatic carbocycles. The molecule has 0 fully saturated rings. The molecule has 2 rings (SSSR count). The van der Waals surface area contributed by atoms with Gasteiger partial charge in [0.1, 0.15) is 5.82 Å². The van der Waals surface area contributed by atoms with Crippen molar-refractivity contribution < 1.29 is 18.7 Å². The second kappa shape index (κ2) is 7.44. The number of hydrogen-bond acceptors (Lipinski definition) is 3. The van der Waals surface area contributed by atoms with Crippen LogP contribution in [0.4, 0.5) is 10.1 Å². The van der Waals surface area contributed by atoms with Gasteiger partial charge in [0.25, 0.3) is 5.91 Å². The molecule has 2 aromatic carbocycles. The Kier molecular flexibility index (Phi) is 5.58. The minimum atomic E-state index is -0.802. The number of amides is 1. The highest BCUT2D eigenvalue weighted by atomic mass is 35.5. The van der Waals surface area contributed by atoms with Gasteiger partial charge >= 0.3 is 5.97 Å². The van der Waals surface area contributed by atoms with E-state index in [1.54, 1.807) is 25.1 Å². The molecule has 0 spiro atoms. The highest BCUT2D eigenvalue weighted by Crippen LogP contribution is 2.29. The molecule has 0 bridgehead atoms. The van der Waals surface area contributed by atoms with Gasteiger partial charge in [0.15, 0.2) is 6.61 Å². The van der Waals surface area contributed by atoms with Gasteiger partial charge in [-0.2, -0.15) is 0 Å². The van der Waals surface area contributed by atoms with E-state index in [9.17, 15) is 14.0 Å². The topological polar surface area (TPSA) is 55.4 Å². The van der Waals surface area contributed by atoms with Crippen LogP contribution in [0.2, 0.25) is 10.0 Å². The third-order valence-corrected chi connectivity index (χ3v) is 3.60. The summed E-state index contributed by atoms with van der Waals surface area (Å²) in [7, 11) is 0. The average Bonchev–Trinajstić information content (AvgIpc) is 2.51. The summed E-state index contributed by atoms with van der Waals surface area (Å²) in [6.07, 6.45) is 0. The summed E-state index contributed by atoms with van der Waals surface area (Å²) >= 11 is 11.8. The lowest BCUT2D eigenvalue weighted by Gasteiger charge is -2.09. The van der Waals surface area contributed by atoms with Crippen molar-refractivity contribution in [2.75, 3.05) is 11.9 Å². The summed E-state index contributed by atoms with van der Waals surface area (Å²) < 4.78 is 18.2. The van der Waals surface area contributed by atoms with Crippen LogP contribution in [0.5, 0.6) is 0 Å². The van der Waals surface area contributed by atoms with Crippen LogP contribution in [0.25, 0.3) is 0 Å². The van der Waals surface area contributed by atoms with Gasteiger partial charge in [-0.25, -0.2) is 9.18 Å². The zero-order valence-corrected chi connectivity index (χ0v) is 13.5. The minimum absolute atomic E-state index is 0.0247. The second-order valence-electron chi connectivity index (χ2n) is 4.68. The molecular formula is C16H12Cl2FNO3. The summed E-state index contributed by atoms with van der Waals surface area (Å²) in [6.45, 7) is 1.03. The summed E-state index contributed by atoms with van der Waals surface area (Å²) in [4.78, 5) is 23.6. The smallest absolute Gasteiger partial charge is 0.338 e. The van der Waals surface area contributed by atoms with E-state index in [1.807, 2.05) is 0 Å². The molecule has 2 aromatic rings. The molecule has 0 saturated heterocycles. The number of carbonyl (C=O) groups is 2. The highest BCUT2D eigenvalue weighted by molar-refractivity contribution is 6.39. The molecule has 0 radical (unpaired) electrons. The lowest BCUT2D eigenvalue weighted by molar-refractivity contribution is -0.119. The van der Waals surface area contributed by atoms with E-state index in [2.05, 4.69) is 5.32 Å². The molecule has 4 nitrogen and oxygen atoms in total. The van der Waals surface area contributed by atoms with Crippen molar-refractivity contribution in [2.24, 2.45) is 0 Å². The van der Waals surface area contributed by atoms with Crippen molar-refractivity contribution in [1.82, 2.24) is 0 Å². The van der Waals surface area contributed by atoms with Crippen molar-refractivity contribution in [2.45, 2.75) is 6.92 Å². The minimum Gasteiger partial charge on any atom is -0.452 e. The molecule has 0 atom stereocenters. The van der Waals surface area contributed by atoms with Gasteiger partial charge in [-0.1, -0.05) is 35.3 Å². The number of aryl methyl sites for hydroxylation is 1. The molecule has 1 amide bonds. The molecule has 23 heavy (non-hydrogen) atoms. The van der Waals surface area contributed by atoms with Crippen molar-refractivity contribution in [3.63, 3.8) is 0 Å². The predicted molar refractivity (Wildman–Crippen MR) is 86.5 cm³/mol. The Bertz CT molecular complexity index is 745. The number of halogens is 3. The first kappa shape index (κ1) is 17.2. The lowest BCUT2D eigenvalue weighted by Crippen LogP contribution is -2.21.